The van der Waals surface area contributed by atoms with Gasteiger partial charge in [-0.25, -0.2) is 12.7 Å². The molecule has 6 heteroatoms. The van der Waals surface area contributed by atoms with Crippen molar-refractivity contribution in [3.05, 3.63) is 16.3 Å². The number of hydrogen-bond donors (Lipinski definition) is 1. The van der Waals surface area contributed by atoms with Gasteiger partial charge in [-0.15, -0.1) is 11.3 Å². The molecule has 1 aromatic heterocycles. The highest BCUT2D eigenvalue weighted by atomic mass is 32.2. The van der Waals surface area contributed by atoms with Crippen LogP contribution in [0, 0.1) is 5.92 Å². The number of nitrogens with zero attached hydrogens (tertiary/aromatic N) is 1. The van der Waals surface area contributed by atoms with Crippen LogP contribution in [-0.2, 0) is 16.6 Å². The molecular weight excluding hydrogens is 292 g/mol. The third kappa shape index (κ3) is 3.61. The minimum absolute atomic E-state index is 0.480. The molecular formula is C14H24N2O2S2. The summed E-state index contributed by atoms with van der Waals surface area (Å²) >= 11 is 1.51. The van der Waals surface area contributed by atoms with Crippen molar-refractivity contribution in [2.24, 2.45) is 5.92 Å². The van der Waals surface area contributed by atoms with Crippen LogP contribution in [0.1, 0.15) is 37.5 Å². The summed E-state index contributed by atoms with van der Waals surface area (Å²) in [4.78, 5) is 1.40. The van der Waals surface area contributed by atoms with E-state index in [0.29, 0.717) is 23.9 Å². The van der Waals surface area contributed by atoms with Crippen molar-refractivity contribution < 1.29 is 8.42 Å². The van der Waals surface area contributed by atoms with Crippen LogP contribution in [0.4, 0.5) is 0 Å². The van der Waals surface area contributed by atoms with Gasteiger partial charge in [0.15, 0.2) is 0 Å². The first-order valence-electron chi connectivity index (χ1n) is 7.29. The first-order valence-corrected chi connectivity index (χ1v) is 9.61. The summed E-state index contributed by atoms with van der Waals surface area (Å²) in [6, 6.07) is 1.74. The summed E-state index contributed by atoms with van der Waals surface area (Å²) in [5.41, 5.74) is 0. The molecule has 1 aromatic rings. The molecule has 1 saturated carbocycles. The maximum atomic E-state index is 12.6. The molecule has 0 saturated heterocycles. The third-order valence-electron chi connectivity index (χ3n) is 3.85. The Morgan fingerprint density at radius 3 is 2.80 bits per heavy atom. The molecule has 4 nitrogen and oxygen atoms in total. The molecule has 0 unspecified atom stereocenters. The molecule has 1 aliphatic rings. The molecule has 0 radical (unpaired) electrons. The van der Waals surface area contributed by atoms with E-state index in [2.05, 4.69) is 12.2 Å². The average Bonchev–Trinajstić information content (AvgIpc) is 2.83. The first-order chi connectivity index (χ1) is 9.55. The molecule has 1 heterocycles. The van der Waals surface area contributed by atoms with E-state index in [-0.39, 0.29) is 0 Å². The Labute approximate surface area is 126 Å². The lowest BCUT2D eigenvalue weighted by atomic mass is 9.86. The minimum atomic E-state index is -3.33. The van der Waals surface area contributed by atoms with Crippen molar-refractivity contribution in [3.8, 4) is 0 Å². The number of rotatable bonds is 8. The van der Waals surface area contributed by atoms with Crippen molar-refractivity contribution in [2.75, 3.05) is 20.1 Å². The molecule has 0 atom stereocenters. The lowest BCUT2D eigenvalue weighted by Gasteiger charge is -2.29. The maximum absolute atomic E-state index is 12.6. The molecule has 1 fully saturated rings. The van der Waals surface area contributed by atoms with Crippen LogP contribution in [0.2, 0.25) is 0 Å². The molecule has 0 aliphatic heterocycles. The van der Waals surface area contributed by atoms with E-state index in [1.165, 1.54) is 22.1 Å². The van der Waals surface area contributed by atoms with Gasteiger partial charge in [-0.1, -0.05) is 13.3 Å². The second-order valence-corrected chi connectivity index (χ2v) is 8.48. The fraction of sp³-hybridized carbons (Fsp3) is 0.714. The summed E-state index contributed by atoms with van der Waals surface area (Å²) in [7, 11) is -1.63. The molecule has 20 heavy (non-hydrogen) atoms. The van der Waals surface area contributed by atoms with Crippen LogP contribution in [0.3, 0.4) is 0 Å². The molecule has 114 valence electrons. The fourth-order valence-corrected chi connectivity index (χ4v) is 5.00. The fourth-order valence-electron chi connectivity index (χ4n) is 2.37. The monoisotopic (exact) mass is 316 g/mol. The largest absolute Gasteiger partial charge is 0.312 e. The van der Waals surface area contributed by atoms with Crippen molar-refractivity contribution in [2.45, 2.75) is 44.0 Å². The van der Waals surface area contributed by atoms with Gasteiger partial charge in [-0.2, -0.15) is 0 Å². The molecule has 1 N–H and O–H groups in total. The standard InChI is InChI=1S/C14H24N2O2S2/c1-3-8-15-10-13-14(7-9-19-13)20(17,18)16(2)11-12-5-4-6-12/h7,9,12,15H,3-6,8,10-11H2,1-2H3. The average molecular weight is 316 g/mol. The number of thiophene rings is 1. The highest BCUT2D eigenvalue weighted by molar-refractivity contribution is 7.89. The van der Waals surface area contributed by atoms with E-state index < -0.39 is 10.0 Å². The van der Waals surface area contributed by atoms with Crippen molar-refractivity contribution in [1.82, 2.24) is 9.62 Å². The van der Waals surface area contributed by atoms with Crippen LogP contribution in [0.25, 0.3) is 0 Å². The van der Waals surface area contributed by atoms with Gasteiger partial charge in [-0.3, -0.25) is 0 Å². The van der Waals surface area contributed by atoms with Gasteiger partial charge in [0.2, 0.25) is 10.0 Å². The van der Waals surface area contributed by atoms with Gasteiger partial charge in [0.1, 0.15) is 0 Å². The maximum Gasteiger partial charge on any atom is 0.243 e. The topological polar surface area (TPSA) is 49.4 Å². The van der Waals surface area contributed by atoms with Crippen LogP contribution in [0.15, 0.2) is 16.3 Å². The van der Waals surface area contributed by atoms with Crippen LogP contribution < -0.4 is 5.32 Å². The van der Waals surface area contributed by atoms with Gasteiger partial charge in [0.25, 0.3) is 0 Å². The van der Waals surface area contributed by atoms with E-state index in [1.807, 2.05) is 5.38 Å². The Kier molecular flexibility index (Phi) is 5.60. The second kappa shape index (κ2) is 7.02. The zero-order valence-electron chi connectivity index (χ0n) is 12.3. The molecule has 0 spiro atoms. The van der Waals surface area contributed by atoms with E-state index in [4.69, 9.17) is 0 Å². The summed E-state index contributed by atoms with van der Waals surface area (Å²) in [5.74, 6) is 0.551. The van der Waals surface area contributed by atoms with Gasteiger partial charge < -0.3 is 5.32 Å². The summed E-state index contributed by atoms with van der Waals surface area (Å²) in [6.45, 7) is 4.30. The zero-order valence-corrected chi connectivity index (χ0v) is 13.9. The molecule has 0 amide bonds. The minimum Gasteiger partial charge on any atom is -0.312 e. The van der Waals surface area contributed by atoms with E-state index >= 15 is 0 Å². The van der Waals surface area contributed by atoms with Crippen LogP contribution in [0.5, 0.6) is 0 Å². The highest BCUT2D eigenvalue weighted by Gasteiger charge is 2.28. The van der Waals surface area contributed by atoms with Gasteiger partial charge in [-0.05, 0) is 43.2 Å². The van der Waals surface area contributed by atoms with E-state index in [1.54, 1.807) is 13.1 Å². The Morgan fingerprint density at radius 1 is 1.45 bits per heavy atom. The SMILES string of the molecule is CCCNCc1sccc1S(=O)(=O)N(C)CC1CCC1. The smallest absolute Gasteiger partial charge is 0.243 e. The second-order valence-electron chi connectivity index (χ2n) is 5.47. The predicted molar refractivity (Wildman–Crippen MR) is 83.5 cm³/mol. The molecule has 0 aromatic carbocycles. The quantitative estimate of drug-likeness (QED) is 0.750. The van der Waals surface area contributed by atoms with Gasteiger partial charge >= 0.3 is 0 Å². The molecule has 0 bridgehead atoms. The first kappa shape index (κ1) is 15.9. The normalized spacial score (nSPS) is 16.6. The lowest BCUT2D eigenvalue weighted by molar-refractivity contribution is 0.263. The van der Waals surface area contributed by atoms with Gasteiger partial charge in [0, 0.05) is 25.0 Å². The Hall–Kier alpha value is -0.430. The number of sulfonamides is 1. The van der Waals surface area contributed by atoms with Crippen molar-refractivity contribution in [3.63, 3.8) is 0 Å². The molecule has 1 aliphatic carbocycles. The Bertz CT molecular complexity index is 521. The predicted octanol–water partition coefficient (Wildman–Crippen LogP) is 2.67. The summed E-state index contributed by atoms with van der Waals surface area (Å²) in [5, 5.41) is 5.15. The summed E-state index contributed by atoms with van der Waals surface area (Å²) in [6.07, 6.45) is 4.61. The number of hydrogen-bond acceptors (Lipinski definition) is 4. The van der Waals surface area contributed by atoms with E-state index in [9.17, 15) is 8.42 Å². The van der Waals surface area contributed by atoms with Gasteiger partial charge in [0.05, 0.1) is 4.90 Å². The summed E-state index contributed by atoms with van der Waals surface area (Å²) < 4.78 is 26.8. The third-order valence-corrected chi connectivity index (χ3v) is 6.80. The zero-order chi connectivity index (χ0) is 14.6. The Morgan fingerprint density at radius 2 is 2.20 bits per heavy atom. The molecule has 2 rings (SSSR count). The Balaban J connectivity index is 2.06. The van der Waals surface area contributed by atoms with E-state index in [0.717, 1.165) is 30.7 Å². The van der Waals surface area contributed by atoms with Crippen molar-refractivity contribution >= 4 is 21.4 Å². The van der Waals surface area contributed by atoms with Crippen LogP contribution in [-0.4, -0.2) is 32.9 Å². The highest BCUT2D eigenvalue weighted by Crippen LogP contribution is 2.30. The lowest BCUT2D eigenvalue weighted by Crippen LogP contribution is -2.34. The number of nitrogens with one attached hydrogen (secondary N) is 1. The van der Waals surface area contributed by atoms with Crippen LogP contribution >= 0.6 is 11.3 Å². The van der Waals surface area contributed by atoms with Crippen molar-refractivity contribution in [1.29, 1.82) is 0 Å².